The molecule has 4 rings (SSSR count). The van der Waals surface area contributed by atoms with E-state index in [1.165, 1.54) is 43.4 Å². The molecular formula is C29H28FN3O6S. The maximum Gasteiger partial charge on any atom is 0.338 e. The van der Waals surface area contributed by atoms with Gasteiger partial charge in [-0.1, -0.05) is 6.07 Å². The summed E-state index contributed by atoms with van der Waals surface area (Å²) in [6, 6.07) is 16.1. The van der Waals surface area contributed by atoms with Gasteiger partial charge < -0.3 is 24.4 Å². The molecule has 1 aliphatic rings. The van der Waals surface area contributed by atoms with Crippen molar-refractivity contribution in [2.75, 3.05) is 31.0 Å². The zero-order chi connectivity index (χ0) is 28.8. The van der Waals surface area contributed by atoms with Crippen LogP contribution in [-0.2, 0) is 20.9 Å². The number of methoxy groups -OCH3 is 2. The van der Waals surface area contributed by atoms with E-state index in [-0.39, 0.29) is 24.7 Å². The Morgan fingerprint density at radius 2 is 1.65 bits per heavy atom. The summed E-state index contributed by atoms with van der Waals surface area (Å²) in [7, 11) is 3.06. The fourth-order valence-corrected chi connectivity index (χ4v) is 4.70. The molecule has 9 nitrogen and oxygen atoms in total. The average Bonchev–Trinajstić information content (AvgIpc) is 3.17. The molecule has 1 N–H and O–H groups in total. The quantitative estimate of drug-likeness (QED) is 0.283. The van der Waals surface area contributed by atoms with E-state index in [4.69, 9.17) is 26.4 Å². The molecule has 0 bridgehead atoms. The fourth-order valence-electron chi connectivity index (χ4n) is 4.31. The van der Waals surface area contributed by atoms with Gasteiger partial charge in [0.1, 0.15) is 11.9 Å². The Morgan fingerprint density at radius 3 is 2.27 bits per heavy atom. The number of thiocarbonyl (C=S) groups is 1. The maximum atomic E-state index is 13.6. The van der Waals surface area contributed by atoms with Crippen molar-refractivity contribution in [3.8, 4) is 11.5 Å². The minimum absolute atomic E-state index is 0.183. The zero-order valence-corrected chi connectivity index (χ0v) is 23.0. The molecule has 1 fully saturated rings. The van der Waals surface area contributed by atoms with Crippen molar-refractivity contribution in [3.63, 3.8) is 0 Å². The molecule has 0 saturated carbocycles. The van der Waals surface area contributed by atoms with Crippen LogP contribution in [0.1, 0.15) is 29.3 Å². The minimum atomic E-state index is -0.926. The molecule has 1 atom stereocenters. The van der Waals surface area contributed by atoms with Crippen molar-refractivity contribution in [2.45, 2.75) is 25.9 Å². The second kappa shape index (κ2) is 12.6. The predicted molar refractivity (Wildman–Crippen MR) is 151 cm³/mol. The lowest BCUT2D eigenvalue weighted by Gasteiger charge is -2.24. The highest BCUT2D eigenvalue weighted by Gasteiger charge is 2.44. The van der Waals surface area contributed by atoms with E-state index in [1.807, 2.05) is 6.07 Å². The number of amides is 2. The molecule has 1 heterocycles. The number of hydrogen-bond acceptors (Lipinski definition) is 7. The van der Waals surface area contributed by atoms with Crippen LogP contribution in [0.3, 0.4) is 0 Å². The van der Waals surface area contributed by atoms with E-state index in [1.54, 1.807) is 48.2 Å². The number of ether oxygens (including phenoxy) is 3. The molecule has 0 aliphatic carbocycles. The van der Waals surface area contributed by atoms with Crippen LogP contribution >= 0.6 is 12.2 Å². The number of carbonyl (C=O) groups is 3. The zero-order valence-electron chi connectivity index (χ0n) is 22.2. The Bertz CT molecular complexity index is 1410. The Labute approximate surface area is 236 Å². The number of halogens is 1. The molecule has 11 heteroatoms. The van der Waals surface area contributed by atoms with E-state index < -0.39 is 29.6 Å². The first-order valence-corrected chi connectivity index (χ1v) is 12.8. The van der Waals surface area contributed by atoms with Gasteiger partial charge in [0.2, 0.25) is 5.91 Å². The van der Waals surface area contributed by atoms with Crippen molar-refractivity contribution < 1.29 is 33.0 Å². The summed E-state index contributed by atoms with van der Waals surface area (Å²) in [6.07, 6.45) is -0.205. The third kappa shape index (κ3) is 6.20. The van der Waals surface area contributed by atoms with E-state index in [2.05, 4.69) is 5.32 Å². The van der Waals surface area contributed by atoms with Crippen LogP contribution in [0, 0.1) is 5.82 Å². The summed E-state index contributed by atoms with van der Waals surface area (Å²) >= 11 is 5.69. The number of nitrogens with zero attached hydrogens (tertiary/aromatic N) is 2. The topological polar surface area (TPSA) is 97.4 Å². The van der Waals surface area contributed by atoms with Gasteiger partial charge in [-0.3, -0.25) is 14.5 Å². The normalized spacial score (nSPS) is 14.8. The monoisotopic (exact) mass is 565 g/mol. The highest BCUT2D eigenvalue weighted by molar-refractivity contribution is 7.80. The fraction of sp³-hybridized carbons (Fsp3) is 0.241. The van der Waals surface area contributed by atoms with Crippen LogP contribution < -0.4 is 19.7 Å². The first-order valence-electron chi connectivity index (χ1n) is 12.4. The van der Waals surface area contributed by atoms with Gasteiger partial charge in [0, 0.05) is 12.2 Å². The minimum Gasteiger partial charge on any atom is -0.493 e. The molecule has 40 heavy (non-hydrogen) atoms. The van der Waals surface area contributed by atoms with Gasteiger partial charge in [-0.2, -0.15) is 0 Å². The van der Waals surface area contributed by atoms with Crippen molar-refractivity contribution in [2.24, 2.45) is 0 Å². The van der Waals surface area contributed by atoms with Crippen molar-refractivity contribution in [3.05, 3.63) is 83.7 Å². The largest absolute Gasteiger partial charge is 0.493 e. The molecular weight excluding hydrogens is 537 g/mol. The van der Waals surface area contributed by atoms with Crippen LogP contribution in [0.15, 0.2) is 66.7 Å². The molecule has 0 spiro atoms. The summed E-state index contributed by atoms with van der Waals surface area (Å²) in [5, 5.41) is 2.95. The molecule has 1 unspecified atom stereocenters. The smallest absolute Gasteiger partial charge is 0.338 e. The second-order valence-electron chi connectivity index (χ2n) is 8.82. The number of nitrogens with one attached hydrogen (secondary N) is 1. The van der Waals surface area contributed by atoms with Crippen LogP contribution in [-0.4, -0.2) is 54.7 Å². The van der Waals surface area contributed by atoms with Gasteiger partial charge >= 0.3 is 5.97 Å². The number of esters is 1. The van der Waals surface area contributed by atoms with Crippen molar-refractivity contribution in [1.29, 1.82) is 0 Å². The molecule has 2 amide bonds. The molecule has 0 aromatic heterocycles. The molecule has 3 aromatic carbocycles. The Balaban J connectivity index is 1.57. The molecule has 3 aromatic rings. The Hall–Kier alpha value is -4.51. The highest BCUT2D eigenvalue weighted by Crippen LogP contribution is 2.32. The maximum absolute atomic E-state index is 13.6. The van der Waals surface area contributed by atoms with Gasteiger partial charge in [0.25, 0.3) is 5.91 Å². The van der Waals surface area contributed by atoms with Crippen LogP contribution in [0.5, 0.6) is 11.5 Å². The summed E-state index contributed by atoms with van der Waals surface area (Å²) in [5.41, 5.74) is 1.97. The van der Waals surface area contributed by atoms with E-state index in [0.717, 1.165) is 5.56 Å². The third-order valence-electron chi connectivity index (χ3n) is 6.26. The van der Waals surface area contributed by atoms with Crippen LogP contribution in [0.25, 0.3) is 0 Å². The first-order chi connectivity index (χ1) is 19.2. The van der Waals surface area contributed by atoms with Gasteiger partial charge in [-0.05, 0) is 85.4 Å². The van der Waals surface area contributed by atoms with Crippen LogP contribution in [0.2, 0.25) is 0 Å². The molecule has 1 saturated heterocycles. The highest BCUT2D eigenvalue weighted by atomic mass is 32.1. The third-order valence-corrected chi connectivity index (χ3v) is 6.68. The van der Waals surface area contributed by atoms with Gasteiger partial charge in [0.05, 0.1) is 38.5 Å². The molecule has 208 valence electrons. The summed E-state index contributed by atoms with van der Waals surface area (Å²) in [6.45, 7) is 2.17. The van der Waals surface area contributed by atoms with E-state index in [9.17, 15) is 18.8 Å². The predicted octanol–water partition coefficient (Wildman–Crippen LogP) is 4.55. The lowest BCUT2D eigenvalue weighted by molar-refractivity contribution is -0.124. The van der Waals surface area contributed by atoms with Crippen LogP contribution in [0.4, 0.5) is 15.8 Å². The van der Waals surface area contributed by atoms with Crippen molar-refractivity contribution >= 4 is 46.5 Å². The number of benzene rings is 3. The molecule has 0 radical (unpaired) electrons. The standard InChI is InChI=1S/C29H28FN3O6S/c1-4-39-28(36)19-6-10-21(11-7-19)31-26(34)16-23-27(35)33(22-12-8-20(30)9-13-22)29(40)32(23)17-18-5-14-24(37-2)25(15-18)38-3/h5-15,23H,4,16-17H2,1-3H3,(H,31,34). The average molecular weight is 566 g/mol. The van der Waals surface area contributed by atoms with Gasteiger partial charge in [0.15, 0.2) is 16.6 Å². The van der Waals surface area contributed by atoms with E-state index >= 15 is 0 Å². The van der Waals surface area contributed by atoms with Gasteiger partial charge in [-0.15, -0.1) is 0 Å². The number of hydrogen-bond donors (Lipinski definition) is 1. The first kappa shape index (κ1) is 28.5. The SMILES string of the molecule is CCOC(=O)c1ccc(NC(=O)CC2C(=O)N(c3ccc(F)cc3)C(=S)N2Cc2ccc(OC)c(OC)c2)cc1. The lowest BCUT2D eigenvalue weighted by atomic mass is 10.1. The van der Waals surface area contributed by atoms with E-state index in [0.29, 0.717) is 28.4 Å². The molecule has 1 aliphatic heterocycles. The second-order valence-corrected chi connectivity index (χ2v) is 9.18. The van der Waals surface area contributed by atoms with Crippen molar-refractivity contribution in [1.82, 2.24) is 4.90 Å². The van der Waals surface area contributed by atoms with Gasteiger partial charge in [-0.25, -0.2) is 9.18 Å². The summed E-state index contributed by atoms with van der Waals surface area (Å²) < 4.78 is 29.3. The Kier molecular flexibility index (Phi) is 8.95. The lowest BCUT2D eigenvalue weighted by Crippen LogP contribution is -2.37. The Morgan fingerprint density at radius 1 is 0.975 bits per heavy atom. The number of carbonyl (C=O) groups excluding carboxylic acids is 3. The summed E-state index contributed by atoms with van der Waals surface area (Å²) in [5.74, 6) is -0.699. The number of rotatable bonds is 10. The number of anilines is 2. The summed E-state index contributed by atoms with van der Waals surface area (Å²) in [4.78, 5) is 41.6.